The molecule has 1 atom stereocenters. The maximum Gasteiger partial charge on any atom is 0.328 e. The van der Waals surface area contributed by atoms with Crippen molar-refractivity contribution in [3.63, 3.8) is 0 Å². The fraction of sp³-hybridized carbons (Fsp3) is 0.417. The van der Waals surface area contributed by atoms with Crippen LogP contribution in [-0.2, 0) is 25.6 Å². The topological polar surface area (TPSA) is 171 Å². The molecule has 1 unspecified atom stereocenters. The highest BCUT2D eigenvalue weighted by molar-refractivity contribution is 5.97. The molecule has 0 saturated heterocycles. The number of amides is 1. The van der Waals surface area contributed by atoms with Crippen LogP contribution in [0, 0.1) is 16.7 Å². The summed E-state index contributed by atoms with van der Waals surface area (Å²) in [6.07, 6.45) is 1.96. The molecule has 12 nitrogen and oxygen atoms in total. The Hall–Kier alpha value is -4.40. The number of nitriles is 1. The van der Waals surface area contributed by atoms with E-state index in [2.05, 4.69) is 10.3 Å². The van der Waals surface area contributed by atoms with Gasteiger partial charge in [-0.2, -0.15) is 9.99 Å². The van der Waals surface area contributed by atoms with Gasteiger partial charge in [0.15, 0.2) is 11.2 Å². The molecule has 0 aliphatic rings. The Morgan fingerprint density at radius 2 is 1.89 bits per heavy atom. The molecule has 0 fully saturated rings. The lowest BCUT2D eigenvalue weighted by Crippen LogP contribution is -2.42. The van der Waals surface area contributed by atoms with Crippen molar-refractivity contribution < 1.29 is 29.1 Å². The van der Waals surface area contributed by atoms with E-state index < -0.39 is 23.4 Å². The third kappa shape index (κ3) is 7.83. The number of esters is 2. The van der Waals surface area contributed by atoms with Gasteiger partial charge in [-0.15, -0.1) is 0 Å². The molecule has 0 aliphatic heterocycles. The first-order chi connectivity index (χ1) is 17.2. The normalized spacial score (nSPS) is 11.2. The highest BCUT2D eigenvalue weighted by atomic mass is 16.5. The number of anilines is 1. The van der Waals surface area contributed by atoms with E-state index in [1.807, 2.05) is 0 Å². The van der Waals surface area contributed by atoms with Crippen molar-refractivity contribution in [1.29, 1.82) is 10.7 Å². The van der Waals surface area contributed by atoms with Crippen LogP contribution in [0.15, 0.2) is 30.5 Å². The molecule has 0 radical (unpaired) electrons. The maximum atomic E-state index is 12.8. The van der Waals surface area contributed by atoms with E-state index in [1.54, 1.807) is 56.1 Å². The molecule has 0 bridgehead atoms. The minimum atomic E-state index is -0.903. The lowest BCUT2D eigenvalue weighted by atomic mass is 10.1. The second-order valence-electron chi connectivity index (χ2n) is 7.76. The zero-order valence-corrected chi connectivity index (χ0v) is 20.5. The van der Waals surface area contributed by atoms with Crippen molar-refractivity contribution in [1.82, 2.24) is 15.0 Å². The second-order valence-corrected chi connectivity index (χ2v) is 7.76. The number of hydrogen-bond acceptors (Lipinski definition) is 10. The highest BCUT2D eigenvalue weighted by Gasteiger charge is 2.23. The van der Waals surface area contributed by atoms with E-state index in [-0.39, 0.29) is 44.3 Å². The van der Waals surface area contributed by atoms with Crippen LogP contribution in [0.1, 0.15) is 54.9 Å². The number of carbonyl (C=O) groups excluding carboxylic acids is 3. The molecule has 2 rings (SSSR count). The van der Waals surface area contributed by atoms with Gasteiger partial charge in [-0.3, -0.25) is 15.0 Å². The van der Waals surface area contributed by atoms with Crippen LogP contribution < -0.4 is 15.7 Å². The van der Waals surface area contributed by atoms with Gasteiger partial charge in [0, 0.05) is 24.7 Å². The summed E-state index contributed by atoms with van der Waals surface area (Å²) < 4.78 is 10.5. The Balaban J connectivity index is 2.05. The summed E-state index contributed by atoms with van der Waals surface area (Å²) in [5.41, 5.74) is 0.816. The first-order valence-electron chi connectivity index (χ1n) is 11.4. The summed E-state index contributed by atoms with van der Waals surface area (Å²) in [4.78, 5) is 42.5. The minimum Gasteiger partial charge on any atom is -0.466 e. The minimum absolute atomic E-state index is 0.131. The van der Waals surface area contributed by atoms with Crippen molar-refractivity contribution in [2.75, 3.05) is 25.2 Å². The summed E-state index contributed by atoms with van der Waals surface area (Å²) in [5.74, 6) is -1.41. The van der Waals surface area contributed by atoms with E-state index in [4.69, 9.17) is 20.1 Å². The second kappa shape index (κ2) is 13.5. The zero-order valence-electron chi connectivity index (χ0n) is 20.5. The predicted molar refractivity (Wildman–Crippen MR) is 127 cm³/mol. The molecule has 12 heteroatoms. The Labute approximate surface area is 208 Å². The molecule has 1 heterocycles. The largest absolute Gasteiger partial charge is 0.466 e. The molecular weight excluding hydrogens is 468 g/mol. The number of rotatable bonds is 12. The van der Waals surface area contributed by atoms with E-state index >= 15 is 0 Å². The van der Waals surface area contributed by atoms with Crippen molar-refractivity contribution in [3.05, 3.63) is 52.9 Å². The SMILES string of the molecule is CCOC(=O)CCCC(NC(=O)c1ccc(N(C)Cc2cn(O)c(=N)c(C#N)n2)cc1)C(=O)OCC. The van der Waals surface area contributed by atoms with Gasteiger partial charge in [-0.1, -0.05) is 0 Å². The smallest absolute Gasteiger partial charge is 0.328 e. The number of aromatic nitrogens is 2. The third-order valence-electron chi connectivity index (χ3n) is 5.11. The fourth-order valence-electron chi connectivity index (χ4n) is 3.31. The number of ether oxygens (including phenoxy) is 2. The summed E-state index contributed by atoms with van der Waals surface area (Å²) in [6.45, 7) is 4.05. The van der Waals surface area contributed by atoms with Crippen LogP contribution in [0.5, 0.6) is 0 Å². The molecule has 36 heavy (non-hydrogen) atoms. The van der Waals surface area contributed by atoms with Crippen molar-refractivity contribution in [2.24, 2.45) is 0 Å². The molecule has 0 aliphatic carbocycles. The Morgan fingerprint density at radius 1 is 1.22 bits per heavy atom. The zero-order chi connectivity index (χ0) is 26.7. The number of nitrogens with zero attached hydrogens (tertiary/aromatic N) is 4. The summed E-state index contributed by atoms with van der Waals surface area (Å²) >= 11 is 0. The molecule has 1 aromatic heterocycles. The van der Waals surface area contributed by atoms with Gasteiger partial charge in [0.25, 0.3) is 5.91 Å². The molecule has 1 amide bonds. The monoisotopic (exact) mass is 498 g/mol. The summed E-state index contributed by atoms with van der Waals surface area (Å²) in [7, 11) is 1.76. The Kier molecular flexibility index (Phi) is 10.4. The van der Waals surface area contributed by atoms with Crippen LogP contribution in [0.25, 0.3) is 0 Å². The summed E-state index contributed by atoms with van der Waals surface area (Å²) in [6, 6.07) is 7.45. The maximum absolute atomic E-state index is 12.8. The number of nitrogens with one attached hydrogen (secondary N) is 2. The van der Waals surface area contributed by atoms with E-state index in [9.17, 15) is 19.6 Å². The predicted octanol–water partition coefficient (Wildman–Crippen LogP) is 1.50. The Bertz CT molecular complexity index is 1170. The van der Waals surface area contributed by atoms with Crippen LogP contribution >= 0.6 is 0 Å². The van der Waals surface area contributed by atoms with Gasteiger partial charge in [0.1, 0.15) is 12.1 Å². The molecule has 192 valence electrons. The standard InChI is InChI=1S/C24H30N6O6/c1-4-35-21(31)8-6-7-19(24(33)36-5-2)28-23(32)16-9-11-18(12-10-16)29(3)14-17-15-30(34)22(26)20(13-25)27-17/h9-12,15,19,26,34H,4-8,14H2,1-3H3,(H,28,32). The van der Waals surface area contributed by atoms with Gasteiger partial charge < -0.3 is 24.9 Å². The van der Waals surface area contributed by atoms with Gasteiger partial charge in [0.05, 0.1) is 31.6 Å². The quantitative estimate of drug-likeness (QED) is 0.290. The van der Waals surface area contributed by atoms with Crippen LogP contribution in [0.4, 0.5) is 5.69 Å². The molecular formula is C24H30N6O6. The van der Waals surface area contributed by atoms with E-state index in [0.717, 1.165) is 5.69 Å². The van der Waals surface area contributed by atoms with E-state index in [1.165, 1.54) is 6.20 Å². The van der Waals surface area contributed by atoms with Crippen LogP contribution in [0.2, 0.25) is 0 Å². The van der Waals surface area contributed by atoms with Gasteiger partial charge in [-0.25, -0.2) is 9.78 Å². The summed E-state index contributed by atoms with van der Waals surface area (Å²) in [5, 5.41) is 29.1. The van der Waals surface area contributed by atoms with E-state index in [0.29, 0.717) is 22.4 Å². The van der Waals surface area contributed by atoms with Crippen molar-refractivity contribution in [3.8, 4) is 6.07 Å². The first kappa shape index (κ1) is 27.8. The fourth-order valence-corrected chi connectivity index (χ4v) is 3.31. The van der Waals surface area contributed by atoms with Gasteiger partial charge >= 0.3 is 11.9 Å². The third-order valence-corrected chi connectivity index (χ3v) is 5.11. The van der Waals surface area contributed by atoms with Crippen molar-refractivity contribution >= 4 is 23.5 Å². The molecule has 2 aromatic rings. The van der Waals surface area contributed by atoms with Gasteiger partial charge in [0.2, 0.25) is 0 Å². The molecule has 0 saturated carbocycles. The molecule has 3 N–H and O–H groups in total. The number of hydrogen-bond donors (Lipinski definition) is 3. The van der Waals surface area contributed by atoms with Gasteiger partial charge in [-0.05, 0) is 51.0 Å². The first-order valence-corrected chi connectivity index (χ1v) is 11.4. The molecule has 0 spiro atoms. The van der Waals surface area contributed by atoms with Crippen LogP contribution in [-0.4, -0.2) is 59.1 Å². The van der Waals surface area contributed by atoms with Crippen LogP contribution in [0.3, 0.4) is 0 Å². The average molecular weight is 499 g/mol. The number of carbonyl (C=O) groups is 3. The lowest BCUT2D eigenvalue weighted by Gasteiger charge is -2.20. The lowest BCUT2D eigenvalue weighted by molar-refractivity contribution is -0.147. The number of benzene rings is 1. The average Bonchev–Trinajstić information content (AvgIpc) is 2.85. The highest BCUT2D eigenvalue weighted by Crippen LogP contribution is 2.16. The molecule has 1 aromatic carbocycles. The Morgan fingerprint density at radius 3 is 2.50 bits per heavy atom. The van der Waals surface area contributed by atoms with Crippen molar-refractivity contribution in [2.45, 2.75) is 45.7 Å².